The fourth-order valence-electron chi connectivity index (χ4n) is 2.47. The van der Waals surface area contributed by atoms with Crippen molar-refractivity contribution in [2.24, 2.45) is 0 Å². The number of fused-ring (bicyclic) bond motifs is 1. The number of allylic oxidation sites excluding steroid dienone is 1. The van der Waals surface area contributed by atoms with Gasteiger partial charge in [-0.1, -0.05) is 31.2 Å². The molecule has 1 aromatic carbocycles. The fourth-order valence-corrected chi connectivity index (χ4v) is 2.47. The van der Waals surface area contributed by atoms with E-state index in [-0.39, 0.29) is 0 Å². The highest BCUT2D eigenvalue weighted by Gasteiger charge is 2.20. The first-order valence-corrected chi connectivity index (χ1v) is 7.24. The van der Waals surface area contributed by atoms with Crippen molar-refractivity contribution in [2.75, 3.05) is 0 Å². The van der Waals surface area contributed by atoms with Gasteiger partial charge in [-0.25, -0.2) is 0 Å². The monoisotopic (exact) mass is 254 g/mol. The minimum Gasteiger partial charge on any atom is -0.343 e. The zero-order chi connectivity index (χ0) is 13.2. The van der Waals surface area contributed by atoms with E-state index in [1.165, 1.54) is 34.9 Å². The Morgan fingerprint density at radius 1 is 1.37 bits per heavy atom. The molecule has 0 atom stereocenters. The van der Waals surface area contributed by atoms with Gasteiger partial charge in [-0.05, 0) is 37.0 Å². The minimum absolute atomic E-state index is 0.761. The van der Waals surface area contributed by atoms with Crippen LogP contribution in [-0.4, -0.2) is 10.6 Å². The molecule has 0 spiro atoms. The summed E-state index contributed by atoms with van der Waals surface area (Å²) in [6.07, 6.45) is 5.91. The average molecular weight is 254 g/mol. The molecule has 1 N–H and O–H groups in total. The van der Waals surface area contributed by atoms with E-state index in [1.807, 2.05) is 0 Å². The Morgan fingerprint density at radius 3 is 2.95 bits per heavy atom. The summed E-state index contributed by atoms with van der Waals surface area (Å²) in [4.78, 5) is 0. The zero-order valence-corrected chi connectivity index (χ0v) is 11.7. The summed E-state index contributed by atoms with van der Waals surface area (Å²) in [5.41, 5.74) is 4.01. The summed E-state index contributed by atoms with van der Waals surface area (Å²) >= 11 is 0. The number of hydrogen-bond acceptors (Lipinski definition) is 1. The van der Waals surface area contributed by atoms with E-state index in [2.05, 4.69) is 53.8 Å². The van der Waals surface area contributed by atoms with Gasteiger partial charge in [0.1, 0.15) is 0 Å². The molecule has 3 rings (SSSR count). The largest absolute Gasteiger partial charge is 0.343 e. The summed E-state index contributed by atoms with van der Waals surface area (Å²) in [6, 6.07) is 9.60. The van der Waals surface area contributed by atoms with Gasteiger partial charge in [0.2, 0.25) is 0 Å². The van der Waals surface area contributed by atoms with Gasteiger partial charge >= 0.3 is 0 Å². The van der Waals surface area contributed by atoms with Crippen molar-refractivity contribution in [3.8, 4) is 0 Å². The highest BCUT2D eigenvalue weighted by Crippen LogP contribution is 2.24. The van der Waals surface area contributed by atoms with Crippen molar-refractivity contribution < 1.29 is 0 Å². The van der Waals surface area contributed by atoms with Crippen LogP contribution in [0, 0.1) is 0 Å². The summed E-state index contributed by atoms with van der Waals surface area (Å²) < 4.78 is 2.31. The SMILES string of the molecule is C=C(CC)Cn1ccc2c(CNC3CC3)cccc21. The van der Waals surface area contributed by atoms with Gasteiger partial charge in [-0.15, -0.1) is 0 Å². The van der Waals surface area contributed by atoms with Gasteiger partial charge in [0.15, 0.2) is 0 Å². The molecule has 0 unspecified atom stereocenters. The highest BCUT2D eigenvalue weighted by atomic mass is 15.0. The Morgan fingerprint density at radius 2 is 2.21 bits per heavy atom. The summed E-state index contributed by atoms with van der Waals surface area (Å²) in [6.45, 7) is 8.19. The van der Waals surface area contributed by atoms with Crippen LogP contribution in [0.15, 0.2) is 42.6 Å². The number of nitrogens with one attached hydrogen (secondary N) is 1. The third kappa shape index (κ3) is 2.74. The van der Waals surface area contributed by atoms with Crippen LogP contribution in [0.2, 0.25) is 0 Å². The average Bonchev–Trinajstić information content (AvgIpc) is 3.18. The normalized spacial score (nSPS) is 15.0. The molecule has 2 nitrogen and oxygen atoms in total. The van der Waals surface area contributed by atoms with Crippen LogP contribution in [0.3, 0.4) is 0 Å². The molecular weight excluding hydrogens is 232 g/mol. The predicted octanol–water partition coefficient (Wildman–Crippen LogP) is 3.86. The van der Waals surface area contributed by atoms with Crippen molar-refractivity contribution in [1.82, 2.24) is 9.88 Å². The van der Waals surface area contributed by atoms with Gasteiger partial charge < -0.3 is 9.88 Å². The molecule has 1 heterocycles. The first-order valence-electron chi connectivity index (χ1n) is 7.24. The third-order valence-electron chi connectivity index (χ3n) is 3.96. The van der Waals surface area contributed by atoms with Crippen LogP contribution in [0.5, 0.6) is 0 Å². The Hall–Kier alpha value is -1.54. The first kappa shape index (κ1) is 12.5. The highest BCUT2D eigenvalue weighted by molar-refractivity contribution is 5.83. The molecule has 0 saturated heterocycles. The van der Waals surface area contributed by atoms with Crippen molar-refractivity contribution in [3.05, 3.63) is 48.2 Å². The molecule has 0 radical (unpaired) electrons. The molecule has 1 aliphatic carbocycles. The molecule has 1 aliphatic rings. The maximum Gasteiger partial charge on any atom is 0.0486 e. The molecule has 2 heteroatoms. The van der Waals surface area contributed by atoms with E-state index in [0.29, 0.717) is 0 Å². The molecule has 100 valence electrons. The number of rotatable bonds is 6. The molecule has 1 aromatic heterocycles. The van der Waals surface area contributed by atoms with Gasteiger partial charge in [0.25, 0.3) is 0 Å². The fraction of sp³-hybridized carbons (Fsp3) is 0.412. The second-order valence-electron chi connectivity index (χ2n) is 5.55. The number of benzene rings is 1. The lowest BCUT2D eigenvalue weighted by Crippen LogP contribution is -2.15. The molecule has 2 aromatic rings. The van der Waals surface area contributed by atoms with Crippen molar-refractivity contribution in [3.63, 3.8) is 0 Å². The Labute approximate surface area is 115 Å². The smallest absolute Gasteiger partial charge is 0.0486 e. The lowest BCUT2D eigenvalue weighted by atomic mass is 10.1. The van der Waals surface area contributed by atoms with Gasteiger partial charge in [-0.2, -0.15) is 0 Å². The van der Waals surface area contributed by atoms with E-state index in [9.17, 15) is 0 Å². The number of nitrogens with zero attached hydrogens (tertiary/aromatic N) is 1. The molecule has 19 heavy (non-hydrogen) atoms. The van der Waals surface area contributed by atoms with Crippen LogP contribution < -0.4 is 5.32 Å². The van der Waals surface area contributed by atoms with Crippen LogP contribution in [-0.2, 0) is 13.1 Å². The standard InChI is InChI=1S/C17H22N2/c1-3-13(2)12-19-10-9-16-14(5-4-6-17(16)19)11-18-15-7-8-15/h4-6,9-10,15,18H,2-3,7-8,11-12H2,1H3. The van der Waals surface area contributed by atoms with Crippen molar-refractivity contribution in [1.29, 1.82) is 0 Å². The van der Waals surface area contributed by atoms with Crippen LogP contribution in [0.25, 0.3) is 10.9 Å². The Kier molecular flexibility index (Phi) is 3.43. The molecule has 0 amide bonds. The summed E-state index contributed by atoms with van der Waals surface area (Å²) in [7, 11) is 0. The molecule has 1 saturated carbocycles. The van der Waals surface area contributed by atoms with Crippen LogP contribution in [0.1, 0.15) is 31.7 Å². The summed E-state index contributed by atoms with van der Waals surface area (Å²) in [5.74, 6) is 0. The molecular formula is C17H22N2. The van der Waals surface area contributed by atoms with Gasteiger partial charge in [0, 0.05) is 36.2 Å². The minimum atomic E-state index is 0.761. The zero-order valence-electron chi connectivity index (χ0n) is 11.7. The maximum absolute atomic E-state index is 4.11. The third-order valence-corrected chi connectivity index (χ3v) is 3.96. The first-order chi connectivity index (χ1) is 9.28. The van der Waals surface area contributed by atoms with Crippen molar-refractivity contribution >= 4 is 10.9 Å². The van der Waals surface area contributed by atoms with Gasteiger partial charge in [-0.3, -0.25) is 0 Å². The van der Waals surface area contributed by atoms with Crippen molar-refractivity contribution in [2.45, 2.75) is 45.3 Å². The Balaban J connectivity index is 1.85. The van der Waals surface area contributed by atoms with E-state index >= 15 is 0 Å². The van der Waals surface area contributed by atoms with E-state index in [0.717, 1.165) is 25.6 Å². The summed E-state index contributed by atoms with van der Waals surface area (Å²) in [5, 5.41) is 4.97. The number of hydrogen-bond donors (Lipinski definition) is 1. The van der Waals surface area contributed by atoms with E-state index in [1.54, 1.807) is 0 Å². The lowest BCUT2D eigenvalue weighted by molar-refractivity contribution is 0.691. The number of aromatic nitrogens is 1. The molecule has 0 aliphatic heterocycles. The van der Waals surface area contributed by atoms with Gasteiger partial charge in [0.05, 0.1) is 0 Å². The molecule has 1 fully saturated rings. The predicted molar refractivity (Wildman–Crippen MR) is 81.2 cm³/mol. The topological polar surface area (TPSA) is 17.0 Å². The second-order valence-corrected chi connectivity index (χ2v) is 5.55. The molecule has 0 bridgehead atoms. The maximum atomic E-state index is 4.11. The van der Waals surface area contributed by atoms with Crippen LogP contribution in [0.4, 0.5) is 0 Å². The quantitative estimate of drug-likeness (QED) is 0.775. The van der Waals surface area contributed by atoms with E-state index < -0.39 is 0 Å². The lowest BCUT2D eigenvalue weighted by Gasteiger charge is -2.09. The second kappa shape index (κ2) is 5.22. The van der Waals surface area contributed by atoms with Crippen LogP contribution >= 0.6 is 0 Å². The van der Waals surface area contributed by atoms with E-state index in [4.69, 9.17) is 0 Å². The Bertz CT molecular complexity index is 590.